The zero-order valence-electron chi connectivity index (χ0n) is 9.86. The van der Waals surface area contributed by atoms with E-state index in [1.54, 1.807) is 6.07 Å². The van der Waals surface area contributed by atoms with Crippen LogP contribution in [0.5, 0.6) is 0 Å². The third-order valence-corrected chi connectivity index (χ3v) is 2.61. The summed E-state index contributed by atoms with van der Waals surface area (Å²) in [6, 6.07) is 5.65. The van der Waals surface area contributed by atoms with Crippen molar-refractivity contribution in [2.24, 2.45) is 11.5 Å². The van der Waals surface area contributed by atoms with Crippen LogP contribution in [0.1, 0.15) is 22.3 Å². The number of primary amides is 1. The normalized spacial score (nSPS) is 10.2. The molecular weight excluding hydrogens is 202 g/mol. The lowest BCUT2D eigenvalue weighted by atomic mass is 10.1. The van der Waals surface area contributed by atoms with E-state index in [-0.39, 0.29) is 5.91 Å². The van der Waals surface area contributed by atoms with Crippen LogP contribution >= 0.6 is 0 Å². The number of carbonyl (C=O) groups excluding carboxylic acids is 1. The maximum Gasteiger partial charge on any atom is 0.248 e. The largest absolute Gasteiger partial charge is 0.375 e. The standard InChI is InChI=1S/C12H19N3O/c1-9-8-10(15(2)7-3-6-13)4-5-11(9)12(14)16/h4-5,8H,3,6-7,13H2,1-2H3,(H2,14,16). The minimum atomic E-state index is -0.381. The van der Waals surface area contributed by atoms with Crippen molar-refractivity contribution >= 4 is 11.6 Å². The van der Waals surface area contributed by atoms with Gasteiger partial charge in [0.15, 0.2) is 0 Å². The molecule has 0 atom stereocenters. The first kappa shape index (κ1) is 12.5. The molecule has 0 aliphatic rings. The molecule has 88 valence electrons. The number of benzene rings is 1. The highest BCUT2D eigenvalue weighted by molar-refractivity contribution is 5.94. The number of aryl methyl sites for hydroxylation is 1. The van der Waals surface area contributed by atoms with Gasteiger partial charge in [-0.25, -0.2) is 0 Å². The highest BCUT2D eigenvalue weighted by Crippen LogP contribution is 2.18. The highest BCUT2D eigenvalue weighted by atomic mass is 16.1. The van der Waals surface area contributed by atoms with Crippen LogP contribution in [-0.4, -0.2) is 26.0 Å². The summed E-state index contributed by atoms with van der Waals surface area (Å²) in [5.41, 5.74) is 13.3. The van der Waals surface area contributed by atoms with E-state index in [0.717, 1.165) is 24.2 Å². The van der Waals surface area contributed by atoms with Gasteiger partial charge in [-0.3, -0.25) is 4.79 Å². The lowest BCUT2D eigenvalue weighted by Crippen LogP contribution is -2.21. The summed E-state index contributed by atoms with van der Waals surface area (Å²) in [7, 11) is 2.01. The SMILES string of the molecule is Cc1cc(N(C)CCCN)ccc1C(N)=O. The Kier molecular flexibility index (Phi) is 4.31. The molecule has 0 saturated heterocycles. The van der Waals surface area contributed by atoms with E-state index in [4.69, 9.17) is 11.5 Å². The topological polar surface area (TPSA) is 72.3 Å². The molecule has 0 spiro atoms. The third kappa shape index (κ3) is 2.97. The fraction of sp³-hybridized carbons (Fsp3) is 0.417. The Balaban J connectivity index is 2.84. The van der Waals surface area contributed by atoms with Crippen molar-refractivity contribution in [1.29, 1.82) is 0 Å². The molecule has 0 heterocycles. The molecule has 1 rings (SSSR count). The van der Waals surface area contributed by atoms with E-state index < -0.39 is 0 Å². The number of anilines is 1. The van der Waals surface area contributed by atoms with Crippen LogP contribution in [0.25, 0.3) is 0 Å². The summed E-state index contributed by atoms with van der Waals surface area (Å²) in [6.07, 6.45) is 0.952. The van der Waals surface area contributed by atoms with E-state index in [0.29, 0.717) is 12.1 Å². The molecule has 1 aromatic rings. The first-order chi connectivity index (χ1) is 7.56. The maximum absolute atomic E-state index is 11.1. The minimum absolute atomic E-state index is 0.381. The van der Waals surface area contributed by atoms with E-state index in [1.807, 2.05) is 26.1 Å². The molecule has 0 saturated carbocycles. The van der Waals surface area contributed by atoms with Crippen molar-refractivity contribution < 1.29 is 4.79 Å². The van der Waals surface area contributed by atoms with Gasteiger partial charge in [-0.05, 0) is 43.7 Å². The number of hydrogen-bond acceptors (Lipinski definition) is 3. The number of nitrogens with zero attached hydrogens (tertiary/aromatic N) is 1. The molecule has 4 N–H and O–H groups in total. The predicted octanol–water partition coefficient (Wildman–Crippen LogP) is 0.879. The fourth-order valence-electron chi connectivity index (χ4n) is 1.62. The van der Waals surface area contributed by atoms with Gasteiger partial charge in [0.05, 0.1) is 0 Å². The van der Waals surface area contributed by atoms with Crippen molar-refractivity contribution in [3.8, 4) is 0 Å². The van der Waals surface area contributed by atoms with Gasteiger partial charge in [0.25, 0.3) is 0 Å². The molecule has 16 heavy (non-hydrogen) atoms. The van der Waals surface area contributed by atoms with Crippen LogP contribution < -0.4 is 16.4 Å². The highest BCUT2D eigenvalue weighted by Gasteiger charge is 2.07. The van der Waals surface area contributed by atoms with E-state index in [2.05, 4.69) is 4.90 Å². The monoisotopic (exact) mass is 221 g/mol. The summed E-state index contributed by atoms with van der Waals surface area (Å²) in [6.45, 7) is 3.48. The lowest BCUT2D eigenvalue weighted by Gasteiger charge is -2.19. The molecule has 1 aromatic carbocycles. The summed E-state index contributed by atoms with van der Waals surface area (Å²) in [5, 5.41) is 0. The zero-order chi connectivity index (χ0) is 12.1. The van der Waals surface area contributed by atoms with Crippen LogP contribution in [0.4, 0.5) is 5.69 Å². The molecule has 0 aliphatic carbocycles. The van der Waals surface area contributed by atoms with E-state index in [1.165, 1.54) is 0 Å². The van der Waals surface area contributed by atoms with Gasteiger partial charge in [-0.15, -0.1) is 0 Å². The van der Waals surface area contributed by atoms with Gasteiger partial charge < -0.3 is 16.4 Å². The predicted molar refractivity (Wildman–Crippen MR) is 66.6 cm³/mol. The van der Waals surface area contributed by atoms with Crippen LogP contribution in [0.2, 0.25) is 0 Å². The van der Waals surface area contributed by atoms with Crippen LogP contribution in [0.15, 0.2) is 18.2 Å². The Labute approximate surface area is 96.2 Å². The quantitative estimate of drug-likeness (QED) is 0.775. The minimum Gasteiger partial charge on any atom is -0.375 e. The number of carbonyl (C=O) groups is 1. The van der Waals surface area contributed by atoms with Gasteiger partial charge in [0, 0.05) is 24.8 Å². The molecular formula is C12H19N3O. The fourth-order valence-corrected chi connectivity index (χ4v) is 1.62. The molecule has 0 unspecified atom stereocenters. The summed E-state index contributed by atoms with van der Waals surface area (Å²) in [4.78, 5) is 13.2. The summed E-state index contributed by atoms with van der Waals surface area (Å²) in [5.74, 6) is -0.381. The van der Waals surface area contributed by atoms with Crippen molar-refractivity contribution in [1.82, 2.24) is 0 Å². The Morgan fingerprint density at radius 1 is 1.44 bits per heavy atom. The van der Waals surface area contributed by atoms with Gasteiger partial charge in [0.2, 0.25) is 5.91 Å². The average molecular weight is 221 g/mol. The number of nitrogens with two attached hydrogens (primary N) is 2. The molecule has 0 fully saturated rings. The van der Waals surface area contributed by atoms with Crippen molar-refractivity contribution in [2.45, 2.75) is 13.3 Å². The van der Waals surface area contributed by atoms with Crippen molar-refractivity contribution in [2.75, 3.05) is 25.0 Å². The zero-order valence-corrected chi connectivity index (χ0v) is 9.86. The first-order valence-corrected chi connectivity index (χ1v) is 5.38. The van der Waals surface area contributed by atoms with Gasteiger partial charge in [0.1, 0.15) is 0 Å². The molecule has 0 aromatic heterocycles. The summed E-state index contributed by atoms with van der Waals surface area (Å²) >= 11 is 0. The Bertz CT molecular complexity index is 377. The molecule has 0 radical (unpaired) electrons. The first-order valence-electron chi connectivity index (χ1n) is 5.38. The molecule has 0 bridgehead atoms. The Morgan fingerprint density at radius 3 is 2.62 bits per heavy atom. The van der Waals surface area contributed by atoms with E-state index in [9.17, 15) is 4.79 Å². The molecule has 1 amide bonds. The van der Waals surface area contributed by atoms with Crippen LogP contribution in [0, 0.1) is 6.92 Å². The second-order valence-electron chi connectivity index (χ2n) is 3.93. The van der Waals surface area contributed by atoms with E-state index >= 15 is 0 Å². The smallest absolute Gasteiger partial charge is 0.248 e. The van der Waals surface area contributed by atoms with Gasteiger partial charge in [-0.1, -0.05) is 0 Å². The van der Waals surface area contributed by atoms with Crippen molar-refractivity contribution in [3.63, 3.8) is 0 Å². The van der Waals surface area contributed by atoms with Crippen LogP contribution in [0.3, 0.4) is 0 Å². The second kappa shape index (κ2) is 5.51. The van der Waals surface area contributed by atoms with Gasteiger partial charge in [-0.2, -0.15) is 0 Å². The Hall–Kier alpha value is -1.55. The summed E-state index contributed by atoms with van der Waals surface area (Å²) < 4.78 is 0. The molecule has 4 nitrogen and oxygen atoms in total. The van der Waals surface area contributed by atoms with Gasteiger partial charge >= 0.3 is 0 Å². The number of hydrogen-bond donors (Lipinski definition) is 2. The lowest BCUT2D eigenvalue weighted by molar-refractivity contribution is 0.1000. The average Bonchev–Trinajstić information content (AvgIpc) is 2.25. The Morgan fingerprint density at radius 2 is 2.12 bits per heavy atom. The molecule has 0 aliphatic heterocycles. The maximum atomic E-state index is 11.1. The molecule has 4 heteroatoms. The number of rotatable bonds is 5. The van der Waals surface area contributed by atoms with Crippen molar-refractivity contribution in [3.05, 3.63) is 29.3 Å². The number of amides is 1. The third-order valence-electron chi connectivity index (χ3n) is 2.61. The second-order valence-corrected chi connectivity index (χ2v) is 3.93. The van der Waals surface area contributed by atoms with Crippen LogP contribution in [-0.2, 0) is 0 Å².